The van der Waals surface area contributed by atoms with Crippen LogP contribution in [0.1, 0.15) is 25.7 Å². The van der Waals surface area contributed by atoms with Crippen molar-refractivity contribution in [2.24, 2.45) is 5.73 Å². The molecule has 0 aromatic rings. The van der Waals surface area contributed by atoms with Crippen LogP contribution in [0.3, 0.4) is 0 Å². The van der Waals surface area contributed by atoms with Crippen LogP contribution in [0, 0.1) is 0 Å². The summed E-state index contributed by atoms with van der Waals surface area (Å²) in [6.45, 7) is 0.246. The standard InChI is InChI=1S/C11H22N2O3/c1-15-7-8(12)11(14)13-9-5-3-4-6-10(9)16-2/h8-10H,3-7,12H2,1-2H3,(H,13,14). The van der Waals surface area contributed by atoms with Crippen molar-refractivity contribution in [1.29, 1.82) is 0 Å². The molecule has 5 nitrogen and oxygen atoms in total. The molecular formula is C11H22N2O3. The van der Waals surface area contributed by atoms with Gasteiger partial charge in [-0.2, -0.15) is 0 Å². The summed E-state index contributed by atoms with van der Waals surface area (Å²) in [4.78, 5) is 11.7. The van der Waals surface area contributed by atoms with Crippen molar-refractivity contribution in [3.63, 3.8) is 0 Å². The summed E-state index contributed by atoms with van der Waals surface area (Å²) in [6, 6.07) is -0.501. The van der Waals surface area contributed by atoms with Crippen molar-refractivity contribution in [2.45, 2.75) is 43.9 Å². The molecule has 5 heteroatoms. The number of methoxy groups -OCH3 is 2. The molecule has 3 N–H and O–H groups in total. The van der Waals surface area contributed by atoms with Gasteiger partial charge in [0, 0.05) is 14.2 Å². The zero-order valence-electron chi connectivity index (χ0n) is 10.1. The first kappa shape index (κ1) is 13.4. The molecule has 3 unspecified atom stereocenters. The van der Waals surface area contributed by atoms with E-state index < -0.39 is 6.04 Å². The maximum atomic E-state index is 11.7. The summed E-state index contributed by atoms with van der Waals surface area (Å²) in [5.41, 5.74) is 5.65. The Hall–Kier alpha value is -0.650. The zero-order valence-corrected chi connectivity index (χ0v) is 10.1. The van der Waals surface area contributed by atoms with Crippen LogP contribution < -0.4 is 11.1 Å². The number of carbonyl (C=O) groups is 1. The van der Waals surface area contributed by atoms with E-state index in [0.29, 0.717) is 0 Å². The van der Waals surface area contributed by atoms with E-state index in [4.69, 9.17) is 15.2 Å². The molecule has 1 aliphatic rings. The fourth-order valence-corrected chi connectivity index (χ4v) is 2.09. The second-order valence-corrected chi connectivity index (χ2v) is 4.24. The second-order valence-electron chi connectivity index (χ2n) is 4.24. The van der Waals surface area contributed by atoms with Crippen LogP contribution in [0.4, 0.5) is 0 Å². The second kappa shape index (κ2) is 6.83. The van der Waals surface area contributed by atoms with Crippen molar-refractivity contribution in [3.05, 3.63) is 0 Å². The normalized spacial score (nSPS) is 27.4. The SMILES string of the molecule is COCC(N)C(=O)NC1CCCCC1OC. The smallest absolute Gasteiger partial charge is 0.239 e. The number of nitrogens with one attached hydrogen (secondary N) is 1. The van der Waals surface area contributed by atoms with Crippen LogP contribution in [0.25, 0.3) is 0 Å². The highest BCUT2D eigenvalue weighted by Gasteiger charge is 2.27. The first-order valence-electron chi connectivity index (χ1n) is 5.76. The van der Waals surface area contributed by atoms with Gasteiger partial charge in [-0.25, -0.2) is 0 Å². The average molecular weight is 230 g/mol. The molecule has 1 fully saturated rings. The number of nitrogens with two attached hydrogens (primary N) is 1. The van der Waals surface area contributed by atoms with Gasteiger partial charge in [0.15, 0.2) is 0 Å². The fraction of sp³-hybridized carbons (Fsp3) is 0.909. The lowest BCUT2D eigenvalue weighted by atomic mass is 9.92. The number of hydrogen-bond donors (Lipinski definition) is 2. The lowest BCUT2D eigenvalue weighted by Crippen LogP contribution is -2.52. The molecular weight excluding hydrogens is 208 g/mol. The third kappa shape index (κ3) is 3.73. The van der Waals surface area contributed by atoms with E-state index >= 15 is 0 Å². The molecule has 1 rings (SSSR count). The largest absolute Gasteiger partial charge is 0.383 e. The number of amides is 1. The molecule has 0 aromatic carbocycles. The third-order valence-electron chi connectivity index (χ3n) is 3.02. The summed E-state index contributed by atoms with van der Waals surface area (Å²) in [5, 5.41) is 2.94. The van der Waals surface area contributed by atoms with Gasteiger partial charge in [-0.05, 0) is 12.8 Å². The van der Waals surface area contributed by atoms with E-state index in [0.717, 1.165) is 25.7 Å². The molecule has 0 spiro atoms. The van der Waals surface area contributed by atoms with Gasteiger partial charge in [0.2, 0.25) is 5.91 Å². The minimum absolute atomic E-state index is 0.0918. The van der Waals surface area contributed by atoms with Crippen molar-refractivity contribution >= 4 is 5.91 Å². The summed E-state index contributed by atoms with van der Waals surface area (Å²) < 4.78 is 10.2. The van der Waals surface area contributed by atoms with Crippen LogP contribution >= 0.6 is 0 Å². The average Bonchev–Trinajstić information content (AvgIpc) is 2.30. The van der Waals surface area contributed by atoms with Gasteiger partial charge in [0.25, 0.3) is 0 Å². The Labute approximate surface area is 96.7 Å². The molecule has 1 aliphatic carbocycles. The molecule has 1 saturated carbocycles. The summed E-state index contributed by atoms with van der Waals surface area (Å²) in [6.07, 6.45) is 4.37. The third-order valence-corrected chi connectivity index (χ3v) is 3.02. The Balaban J connectivity index is 2.41. The van der Waals surface area contributed by atoms with Crippen LogP contribution in [0.15, 0.2) is 0 Å². The van der Waals surface area contributed by atoms with Crippen molar-refractivity contribution in [2.75, 3.05) is 20.8 Å². The molecule has 0 aliphatic heterocycles. The molecule has 0 heterocycles. The van der Waals surface area contributed by atoms with Gasteiger partial charge in [-0.1, -0.05) is 12.8 Å². The summed E-state index contributed by atoms with van der Waals surface area (Å²) in [7, 11) is 3.22. The molecule has 94 valence electrons. The van der Waals surface area contributed by atoms with E-state index in [1.807, 2.05) is 0 Å². The molecule has 0 aromatic heterocycles. The molecule has 0 bridgehead atoms. The molecule has 3 atom stereocenters. The number of hydrogen-bond acceptors (Lipinski definition) is 4. The number of ether oxygens (including phenoxy) is 2. The van der Waals surface area contributed by atoms with E-state index in [1.165, 1.54) is 7.11 Å². The van der Waals surface area contributed by atoms with Gasteiger partial charge < -0.3 is 20.5 Å². The van der Waals surface area contributed by atoms with Gasteiger partial charge in [0.1, 0.15) is 6.04 Å². The monoisotopic (exact) mass is 230 g/mol. The van der Waals surface area contributed by atoms with Gasteiger partial charge in [-0.3, -0.25) is 4.79 Å². The number of rotatable bonds is 5. The van der Waals surface area contributed by atoms with Crippen molar-refractivity contribution < 1.29 is 14.3 Å². The van der Waals surface area contributed by atoms with Gasteiger partial charge in [0.05, 0.1) is 18.8 Å². The maximum absolute atomic E-state index is 11.7. The van der Waals surface area contributed by atoms with E-state index in [1.54, 1.807) is 7.11 Å². The Kier molecular flexibility index (Phi) is 5.73. The first-order valence-corrected chi connectivity index (χ1v) is 5.76. The summed E-state index contributed by atoms with van der Waals surface area (Å²) >= 11 is 0. The van der Waals surface area contributed by atoms with Crippen LogP contribution in [0.2, 0.25) is 0 Å². The highest BCUT2D eigenvalue weighted by Crippen LogP contribution is 2.20. The Bertz CT molecular complexity index is 223. The quantitative estimate of drug-likeness (QED) is 0.699. The highest BCUT2D eigenvalue weighted by molar-refractivity contribution is 5.81. The Morgan fingerprint density at radius 1 is 1.44 bits per heavy atom. The van der Waals surface area contributed by atoms with Crippen molar-refractivity contribution in [3.8, 4) is 0 Å². The Morgan fingerprint density at radius 2 is 2.12 bits per heavy atom. The topological polar surface area (TPSA) is 73.6 Å². The highest BCUT2D eigenvalue weighted by atomic mass is 16.5. The molecule has 1 amide bonds. The lowest BCUT2D eigenvalue weighted by Gasteiger charge is -2.31. The summed E-state index contributed by atoms with van der Waals surface area (Å²) in [5.74, 6) is -0.157. The van der Waals surface area contributed by atoms with E-state index in [-0.39, 0.29) is 24.7 Å². The fourth-order valence-electron chi connectivity index (χ4n) is 2.09. The van der Waals surface area contributed by atoms with E-state index in [9.17, 15) is 4.79 Å². The number of carbonyl (C=O) groups excluding carboxylic acids is 1. The zero-order chi connectivity index (χ0) is 12.0. The molecule has 0 radical (unpaired) electrons. The lowest BCUT2D eigenvalue weighted by molar-refractivity contribution is -0.125. The molecule has 16 heavy (non-hydrogen) atoms. The predicted octanol–water partition coefficient (Wildman–Crippen LogP) is 0.0339. The first-order chi connectivity index (χ1) is 7.69. The molecule has 0 saturated heterocycles. The predicted molar refractivity (Wildman–Crippen MR) is 61.0 cm³/mol. The minimum Gasteiger partial charge on any atom is -0.383 e. The van der Waals surface area contributed by atoms with E-state index in [2.05, 4.69) is 5.32 Å². The van der Waals surface area contributed by atoms with Crippen LogP contribution in [-0.4, -0.2) is 44.9 Å². The van der Waals surface area contributed by atoms with Crippen LogP contribution in [-0.2, 0) is 14.3 Å². The maximum Gasteiger partial charge on any atom is 0.239 e. The Morgan fingerprint density at radius 3 is 2.75 bits per heavy atom. The van der Waals surface area contributed by atoms with Gasteiger partial charge in [-0.15, -0.1) is 0 Å². The van der Waals surface area contributed by atoms with Crippen molar-refractivity contribution in [1.82, 2.24) is 5.32 Å². The van der Waals surface area contributed by atoms with Gasteiger partial charge >= 0.3 is 0 Å². The van der Waals surface area contributed by atoms with Crippen LogP contribution in [0.5, 0.6) is 0 Å². The minimum atomic E-state index is -0.593.